The number of hydrogen-bond donors (Lipinski definition) is 2. The Bertz CT molecular complexity index is 324. The maximum Gasteiger partial charge on any atom is 0.320 e. The second-order valence-corrected chi connectivity index (χ2v) is 4.17. The molecule has 1 rings (SSSR count). The molecule has 0 radical (unpaired) electrons. The predicted molar refractivity (Wildman–Crippen MR) is 55.5 cm³/mol. The van der Waals surface area contributed by atoms with Gasteiger partial charge in [-0.05, 0) is 20.8 Å². The molecular weight excluding hydrogens is 200 g/mol. The zero-order valence-electron chi connectivity index (χ0n) is 8.44. The normalized spacial score (nSPS) is 15.1. The van der Waals surface area contributed by atoms with Crippen molar-refractivity contribution in [1.29, 1.82) is 0 Å². The van der Waals surface area contributed by atoms with Crippen molar-refractivity contribution in [3.05, 3.63) is 16.1 Å². The van der Waals surface area contributed by atoms with Gasteiger partial charge in [0.1, 0.15) is 11.0 Å². The average Bonchev–Trinajstić information content (AvgIpc) is 2.51. The van der Waals surface area contributed by atoms with Crippen LogP contribution in [0, 0.1) is 6.92 Å². The molecule has 5 heteroatoms. The zero-order chi connectivity index (χ0) is 10.7. The number of aliphatic carboxylic acids is 1. The van der Waals surface area contributed by atoms with Crippen molar-refractivity contribution < 1.29 is 9.90 Å². The van der Waals surface area contributed by atoms with Crippen molar-refractivity contribution >= 4 is 17.3 Å². The molecule has 0 aromatic carbocycles. The van der Waals surface area contributed by atoms with Gasteiger partial charge < -0.3 is 5.11 Å². The minimum Gasteiger partial charge on any atom is -0.480 e. The van der Waals surface area contributed by atoms with Gasteiger partial charge in [0.25, 0.3) is 0 Å². The zero-order valence-corrected chi connectivity index (χ0v) is 9.26. The number of carbonyl (C=O) groups is 1. The molecule has 1 aromatic heterocycles. The fourth-order valence-electron chi connectivity index (χ4n) is 1.09. The van der Waals surface area contributed by atoms with Gasteiger partial charge in [0.05, 0.1) is 6.04 Å². The fraction of sp³-hybridized carbons (Fsp3) is 0.556. The molecule has 0 bridgehead atoms. The molecule has 0 aliphatic heterocycles. The Morgan fingerprint density at radius 3 is 2.71 bits per heavy atom. The van der Waals surface area contributed by atoms with Crippen molar-refractivity contribution in [2.45, 2.75) is 32.9 Å². The number of thiazole rings is 1. The summed E-state index contributed by atoms with van der Waals surface area (Å²) in [7, 11) is 0. The molecule has 78 valence electrons. The number of carboxylic acids is 1. The van der Waals surface area contributed by atoms with Crippen LogP contribution in [0.3, 0.4) is 0 Å². The van der Waals surface area contributed by atoms with E-state index in [1.165, 1.54) is 0 Å². The molecular formula is C9H14N2O2S. The smallest absolute Gasteiger partial charge is 0.320 e. The molecule has 0 spiro atoms. The first-order chi connectivity index (χ1) is 6.50. The van der Waals surface area contributed by atoms with Crippen molar-refractivity contribution in [1.82, 2.24) is 10.3 Å². The fourth-order valence-corrected chi connectivity index (χ4v) is 1.90. The lowest BCUT2D eigenvalue weighted by atomic mass is 10.2. The van der Waals surface area contributed by atoms with Gasteiger partial charge in [-0.15, -0.1) is 11.3 Å². The summed E-state index contributed by atoms with van der Waals surface area (Å²) in [6, 6.07) is -0.561. The van der Waals surface area contributed by atoms with Gasteiger partial charge in [0, 0.05) is 11.1 Å². The van der Waals surface area contributed by atoms with E-state index in [0.29, 0.717) is 0 Å². The number of nitrogens with zero attached hydrogens (tertiary/aromatic N) is 1. The van der Waals surface area contributed by atoms with Gasteiger partial charge in [-0.25, -0.2) is 4.98 Å². The van der Waals surface area contributed by atoms with Crippen LogP contribution < -0.4 is 5.32 Å². The topological polar surface area (TPSA) is 62.2 Å². The monoisotopic (exact) mass is 214 g/mol. The average molecular weight is 214 g/mol. The molecule has 0 amide bonds. The summed E-state index contributed by atoms with van der Waals surface area (Å²) < 4.78 is 0. The lowest BCUT2D eigenvalue weighted by Crippen LogP contribution is -2.35. The summed E-state index contributed by atoms with van der Waals surface area (Å²) in [6.07, 6.45) is 0. The highest BCUT2D eigenvalue weighted by Gasteiger charge is 2.16. The van der Waals surface area contributed by atoms with Crippen LogP contribution in [0.1, 0.15) is 30.6 Å². The van der Waals surface area contributed by atoms with Crippen LogP contribution in [-0.4, -0.2) is 22.1 Å². The number of nitrogens with one attached hydrogen (secondary N) is 1. The number of aromatic nitrogens is 1. The summed E-state index contributed by atoms with van der Waals surface area (Å²) in [5.74, 6) is -0.842. The van der Waals surface area contributed by atoms with Crippen LogP contribution >= 0.6 is 11.3 Å². The molecule has 2 N–H and O–H groups in total. The van der Waals surface area contributed by atoms with Crippen molar-refractivity contribution in [3.8, 4) is 0 Å². The van der Waals surface area contributed by atoms with E-state index < -0.39 is 12.0 Å². The van der Waals surface area contributed by atoms with E-state index >= 15 is 0 Å². The molecule has 0 aliphatic carbocycles. The van der Waals surface area contributed by atoms with E-state index in [9.17, 15) is 4.79 Å². The third-order valence-electron chi connectivity index (χ3n) is 1.88. The van der Waals surface area contributed by atoms with Crippen LogP contribution in [-0.2, 0) is 4.79 Å². The first-order valence-corrected chi connectivity index (χ1v) is 5.29. The number of rotatable bonds is 4. The van der Waals surface area contributed by atoms with Crippen molar-refractivity contribution in [2.75, 3.05) is 0 Å². The third-order valence-corrected chi connectivity index (χ3v) is 3.02. The van der Waals surface area contributed by atoms with E-state index in [4.69, 9.17) is 5.11 Å². The molecule has 0 fully saturated rings. The standard InChI is InChI=1S/C9H14N2O2S/c1-5-4-14-8(10-5)6(2)11-7(3)9(12)13/h4,6-7,11H,1-3H3,(H,12,13). The molecule has 14 heavy (non-hydrogen) atoms. The highest BCUT2D eigenvalue weighted by Crippen LogP contribution is 2.17. The quantitative estimate of drug-likeness (QED) is 0.798. The Balaban J connectivity index is 2.58. The number of hydrogen-bond acceptors (Lipinski definition) is 4. The highest BCUT2D eigenvalue weighted by molar-refractivity contribution is 7.09. The maximum absolute atomic E-state index is 10.6. The van der Waals surface area contributed by atoms with Crippen molar-refractivity contribution in [3.63, 3.8) is 0 Å². The Hall–Kier alpha value is -0.940. The van der Waals surface area contributed by atoms with Gasteiger partial charge in [0.2, 0.25) is 0 Å². The van der Waals surface area contributed by atoms with Crippen LogP contribution in [0.4, 0.5) is 0 Å². The predicted octanol–water partition coefficient (Wildman–Crippen LogP) is 1.58. The Kier molecular flexibility index (Phi) is 3.60. The van der Waals surface area contributed by atoms with E-state index in [2.05, 4.69) is 10.3 Å². The molecule has 2 atom stereocenters. The van der Waals surface area contributed by atoms with E-state index in [1.807, 2.05) is 19.2 Å². The van der Waals surface area contributed by atoms with Gasteiger partial charge in [-0.3, -0.25) is 10.1 Å². The first-order valence-electron chi connectivity index (χ1n) is 4.41. The highest BCUT2D eigenvalue weighted by atomic mass is 32.1. The van der Waals surface area contributed by atoms with Crippen LogP contribution in [0.15, 0.2) is 5.38 Å². The Labute approximate surface area is 87.0 Å². The first kappa shape index (κ1) is 11.1. The maximum atomic E-state index is 10.6. The van der Waals surface area contributed by atoms with Crippen LogP contribution in [0.5, 0.6) is 0 Å². The summed E-state index contributed by atoms with van der Waals surface area (Å²) in [4.78, 5) is 14.9. The van der Waals surface area contributed by atoms with Crippen molar-refractivity contribution in [2.24, 2.45) is 0 Å². The minimum absolute atomic E-state index is 0.0141. The summed E-state index contributed by atoms with van der Waals surface area (Å²) in [5, 5.41) is 14.5. The van der Waals surface area contributed by atoms with E-state index in [1.54, 1.807) is 18.3 Å². The second-order valence-electron chi connectivity index (χ2n) is 3.28. The molecule has 0 saturated heterocycles. The Morgan fingerprint density at radius 2 is 2.29 bits per heavy atom. The van der Waals surface area contributed by atoms with E-state index in [-0.39, 0.29) is 6.04 Å². The number of aryl methyl sites for hydroxylation is 1. The summed E-state index contributed by atoms with van der Waals surface area (Å²) >= 11 is 1.54. The minimum atomic E-state index is -0.842. The summed E-state index contributed by atoms with van der Waals surface area (Å²) in [5.41, 5.74) is 0.974. The molecule has 4 nitrogen and oxygen atoms in total. The van der Waals surface area contributed by atoms with Crippen LogP contribution in [0.25, 0.3) is 0 Å². The van der Waals surface area contributed by atoms with Gasteiger partial charge in [0.15, 0.2) is 0 Å². The number of carboxylic acid groups (broad SMARTS) is 1. The molecule has 0 aliphatic rings. The van der Waals surface area contributed by atoms with E-state index in [0.717, 1.165) is 10.7 Å². The SMILES string of the molecule is Cc1csc(C(C)NC(C)C(=O)O)n1. The lowest BCUT2D eigenvalue weighted by Gasteiger charge is -2.14. The molecule has 0 saturated carbocycles. The van der Waals surface area contributed by atoms with Crippen LogP contribution in [0.2, 0.25) is 0 Å². The van der Waals surface area contributed by atoms with Gasteiger partial charge >= 0.3 is 5.97 Å². The lowest BCUT2D eigenvalue weighted by molar-refractivity contribution is -0.139. The molecule has 2 unspecified atom stereocenters. The largest absolute Gasteiger partial charge is 0.480 e. The second kappa shape index (κ2) is 4.52. The van der Waals surface area contributed by atoms with Gasteiger partial charge in [-0.2, -0.15) is 0 Å². The summed E-state index contributed by atoms with van der Waals surface area (Å²) in [6.45, 7) is 5.46. The molecule has 1 heterocycles. The third kappa shape index (κ3) is 2.78. The van der Waals surface area contributed by atoms with Gasteiger partial charge in [-0.1, -0.05) is 0 Å². The Morgan fingerprint density at radius 1 is 1.64 bits per heavy atom. The molecule has 1 aromatic rings.